The predicted octanol–water partition coefficient (Wildman–Crippen LogP) is 2.25. The number of aliphatic carboxylic acids is 1. The molecule has 0 spiro atoms. The highest BCUT2D eigenvalue weighted by Gasteiger charge is 2.33. The van der Waals surface area contributed by atoms with E-state index in [9.17, 15) is 14.4 Å². The van der Waals surface area contributed by atoms with Crippen LogP contribution < -0.4 is 10.6 Å². The lowest BCUT2D eigenvalue weighted by Crippen LogP contribution is -2.43. The third-order valence-electron chi connectivity index (χ3n) is 5.15. The number of nitrogens with zero attached hydrogens (tertiary/aromatic N) is 1. The zero-order chi connectivity index (χ0) is 18.1. The Morgan fingerprint density at radius 1 is 0.960 bits per heavy atom. The van der Waals surface area contributed by atoms with E-state index in [1.807, 2.05) is 0 Å². The molecule has 1 atom stereocenters. The van der Waals surface area contributed by atoms with Crippen molar-refractivity contribution in [2.75, 3.05) is 13.1 Å². The number of hydrogen-bond donors (Lipinski definition) is 3. The van der Waals surface area contributed by atoms with Crippen molar-refractivity contribution in [2.45, 2.75) is 82.7 Å². The average molecular weight is 353 g/mol. The number of nitrogens with one attached hydrogen (secondary N) is 2. The van der Waals surface area contributed by atoms with Gasteiger partial charge in [-0.1, -0.05) is 25.7 Å². The zero-order valence-electron chi connectivity index (χ0n) is 15.0. The van der Waals surface area contributed by atoms with Gasteiger partial charge in [0, 0.05) is 25.6 Å². The molecular formula is C18H31N3O4. The number of carboxylic acids is 1. The van der Waals surface area contributed by atoms with Gasteiger partial charge in [0.15, 0.2) is 0 Å². The first kappa shape index (κ1) is 19.5. The van der Waals surface area contributed by atoms with Gasteiger partial charge in [0.25, 0.3) is 0 Å². The molecule has 1 aliphatic heterocycles. The molecular weight excluding hydrogens is 322 g/mol. The summed E-state index contributed by atoms with van der Waals surface area (Å²) in [5.74, 6) is -0.966. The minimum absolute atomic E-state index is 0.0621. The highest BCUT2D eigenvalue weighted by molar-refractivity contribution is 5.84. The number of carbonyl (C=O) groups is 3. The molecule has 0 aromatic carbocycles. The number of hydrogen-bond acceptors (Lipinski definition) is 3. The summed E-state index contributed by atoms with van der Waals surface area (Å²) in [5.41, 5.74) is 0. The molecule has 1 heterocycles. The van der Waals surface area contributed by atoms with E-state index in [0.29, 0.717) is 32.0 Å². The molecule has 2 rings (SSSR count). The lowest BCUT2D eigenvalue weighted by molar-refractivity contribution is -0.148. The smallest absolute Gasteiger partial charge is 0.326 e. The summed E-state index contributed by atoms with van der Waals surface area (Å²) in [6, 6.07) is -0.420. The second-order valence-electron chi connectivity index (χ2n) is 7.13. The molecule has 0 radical (unpaired) electrons. The monoisotopic (exact) mass is 353 g/mol. The number of amides is 3. The van der Waals surface area contributed by atoms with E-state index < -0.39 is 12.0 Å². The van der Waals surface area contributed by atoms with Crippen LogP contribution in [-0.2, 0) is 9.59 Å². The molecule has 3 N–H and O–H groups in total. The summed E-state index contributed by atoms with van der Waals surface area (Å²) in [7, 11) is 0. The molecule has 1 unspecified atom stereocenters. The van der Waals surface area contributed by atoms with Gasteiger partial charge in [0.05, 0.1) is 0 Å². The highest BCUT2D eigenvalue weighted by Crippen LogP contribution is 2.19. The van der Waals surface area contributed by atoms with Gasteiger partial charge in [0.1, 0.15) is 6.04 Å². The number of unbranched alkanes of at least 4 members (excludes halogenated alkanes) is 2. The quantitative estimate of drug-likeness (QED) is 0.583. The second kappa shape index (κ2) is 10.3. The molecule has 0 bridgehead atoms. The molecule has 1 saturated carbocycles. The Hall–Kier alpha value is -1.79. The third kappa shape index (κ3) is 6.55. The highest BCUT2D eigenvalue weighted by atomic mass is 16.4. The minimum atomic E-state index is -0.904. The van der Waals surface area contributed by atoms with Gasteiger partial charge >= 0.3 is 12.0 Å². The molecule has 7 nitrogen and oxygen atoms in total. The molecule has 3 amide bonds. The third-order valence-corrected chi connectivity index (χ3v) is 5.15. The fourth-order valence-electron chi connectivity index (χ4n) is 3.73. The molecule has 2 fully saturated rings. The van der Waals surface area contributed by atoms with E-state index in [0.717, 1.165) is 38.5 Å². The zero-order valence-corrected chi connectivity index (χ0v) is 15.0. The minimum Gasteiger partial charge on any atom is -0.480 e. The van der Waals surface area contributed by atoms with E-state index in [-0.39, 0.29) is 11.9 Å². The normalized spacial score (nSPS) is 21.1. The van der Waals surface area contributed by atoms with Crippen LogP contribution in [0.3, 0.4) is 0 Å². The first-order chi connectivity index (χ1) is 12.1. The lowest BCUT2D eigenvalue weighted by atomic mass is 9.96. The summed E-state index contributed by atoms with van der Waals surface area (Å²) >= 11 is 0. The maximum Gasteiger partial charge on any atom is 0.326 e. The second-order valence-corrected chi connectivity index (χ2v) is 7.13. The van der Waals surface area contributed by atoms with Crippen molar-refractivity contribution in [2.24, 2.45) is 0 Å². The predicted molar refractivity (Wildman–Crippen MR) is 94.2 cm³/mol. The molecule has 2 aliphatic rings. The SMILES string of the molecule is O=C(NCCCCCC(=O)N1CCCC1C(=O)O)NC1CCCCC1. The van der Waals surface area contributed by atoms with Crippen molar-refractivity contribution < 1.29 is 19.5 Å². The van der Waals surface area contributed by atoms with E-state index in [4.69, 9.17) is 5.11 Å². The number of carboxylic acid groups (broad SMARTS) is 1. The molecule has 0 aromatic rings. The number of likely N-dealkylation sites (tertiary alicyclic amines) is 1. The fraction of sp³-hybridized carbons (Fsp3) is 0.833. The Bertz CT molecular complexity index is 463. The first-order valence-corrected chi connectivity index (χ1v) is 9.64. The van der Waals surface area contributed by atoms with E-state index in [2.05, 4.69) is 10.6 Å². The first-order valence-electron chi connectivity index (χ1n) is 9.64. The van der Waals surface area contributed by atoms with Gasteiger partial charge in [-0.15, -0.1) is 0 Å². The van der Waals surface area contributed by atoms with Crippen molar-refractivity contribution in [3.63, 3.8) is 0 Å². The van der Waals surface area contributed by atoms with Crippen molar-refractivity contribution >= 4 is 17.9 Å². The van der Waals surface area contributed by atoms with Gasteiger partial charge in [-0.05, 0) is 38.5 Å². The molecule has 0 aromatic heterocycles. The summed E-state index contributed by atoms with van der Waals surface area (Å²) in [6.07, 6.45) is 9.91. The fourth-order valence-corrected chi connectivity index (χ4v) is 3.73. The van der Waals surface area contributed by atoms with Crippen LogP contribution in [0, 0.1) is 0 Å². The van der Waals surface area contributed by atoms with Gasteiger partial charge in [-0.25, -0.2) is 9.59 Å². The largest absolute Gasteiger partial charge is 0.480 e. The Kier molecular flexibility index (Phi) is 8.01. The number of urea groups is 1. The maximum atomic E-state index is 12.1. The standard InChI is InChI=1S/C18H31N3O4/c22-16(21-13-7-10-15(21)17(23)24)11-5-2-6-12-19-18(25)20-14-8-3-1-4-9-14/h14-15H,1-13H2,(H,23,24)(H2,19,20,25). The van der Waals surface area contributed by atoms with E-state index >= 15 is 0 Å². The van der Waals surface area contributed by atoms with Gasteiger partial charge in [-0.2, -0.15) is 0 Å². The average Bonchev–Trinajstić information content (AvgIpc) is 3.09. The van der Waals surface area contributed by atoms with Crippen LogP contribution in [0.15, 0.2) is 0 Å². The molecule has 7 heteroatoms. The Labute approximate surface area is 149 Å². The van der Waals surface area contributed by atoms with Crippen molar-refractivity contribution in [3.8, 4) is 0 Å². The summed E-state index contributed by atoms with van der Waals surface area (Å²) in [5, 5.41) is 15.0. The number of carbonyl (C=O) groups excluding carboxylic acids is 2. The van der Waals surface area contributed by atoms with Crippen LogP contribution in [0.4, 0.5) is 4.79 Å². The van der Waals surface area contributed by atoms with Gasteiger partial charge in [0.2, 0.25) is 5.91 Å². The van der Waals surface area contributed by atoms with Crippen LogP contribution in [0.25, 0.3) is 0 Å². The summed E-state index contributed by atoms with van der Waals surface area (Å²) in [4.78, 5) is 36.5. The van der Waals surface area contributed by atoms with E-state index in [1.54, 1.807) is 0 Å². The molecule has 1 aliphatic carbocycles. The van der Waals surface area contributed by atoms with Crippen LogP contribution in [0.5, 0.6) is 0 Å². The van der Waals surface area contributed by atoms with Crippen molar-refractivity contribution in [1.82, 2.24) is 15.5 Å². The molecule has 142 valence electrons. The number of rotatable bonds is 8. The van der Waals surface area contributed by atoms with Gasteiger partial charge in [-0.3, -0.25) is 4.79 Å². The maximum absolute atomic E-state index is 12.1. The molecule has 25 heavy (non-hydrogen) atoms. The Morgan fingerprint density at radius 3 is 2.44 bits per heavy atom. The van der Waals surface area contributed by atoms with Gasteiger partial charge < -0.3 is 20.6 Å². The van der Waals surface area contributed by atoms with Crippen LogP contribution in [-0.4, -0.2) is 53.1 Å². The van der Waals surface area contributed by atoms with Crippen LogP contribution in [0.2, 0.25) is 0 Å². The summed E-state index contributed by atoms with van der Waals surface area (Å²) in [6.45, 7) is 1.16. The Balaban J connectivity index is 1.50. The van der Waals surface area contributed by atoms with Crippen LogP contribution in [0.1, 0.15) is 70.6 Å². The van der Waals surface area contributed by atoms with Crippen molar-refractivity contribution in [1.29, 1.82) is 0 Å². The lowest BCUT2D eigenvalue weighted by Gasteiger charge is -2.22. The molecule has 1 saturated heterocycles. The van der Waals surface area contributed by atoms with Crippen LogP contribution >= 0.6 is 0 Å². The van der Waals surface area contributed by atoms with Crippen molar-refractivity contribution in [3.05, 3.63) is 0 Å². The topological polar surface area (TPSA) is 98.7 Å². The summed E-state index contributed by atoms with van der Waals surface area (Å²) < 4.78 is 0. The van der Waals surface area contributed by atoms with E-state index in [1.165, 1.54) is 24.2 Å². The Morgan fingerprint density at radius 2 is 1.72 bits per heavy atom.